The molecular formula is C24H19ClN2O4. The largest absolute Gasteiger partial charge is 0.493 e. The van der Waals surface area contributed by atoms with Crippen molar-refractivity contribution in [2.75, 3.05) is 13.2 Å². The lowest BCUT2D eigenvalue weighted by Gasteiger charge is -2.26. The first-order valence-corrected chi connectivity index (χ1v) is 10.3. The van der Waals surface area contributed by atoms with E-state index in [1.165, 1.54) is 0 Å². The summed E-state index contributed by atoms with van der Waals surface area (Å²) in [6.07, 6.45) is 0.853. The van der Waals surface area contributed by atoms with Gasteiger partial charge in [0.05, 0.1) is 6.61 Å². The van der Waals surface area contributed by atoms with Gasteiger partial charge in [0.15, 0.2) is 5.54 Å². The molecule has 0 saturated heterocycles. The maximum absolute atomic E-state index is 10.6. The summed E-state index contributed by atoms with van der Waals surface area (Å²) in [5.74, 6) is 0.900. The van der Waals surface area contributed by atoms with Gasteiger partial charge < -0.3 is 14.3 Å². The minimum atomic E-state index is -0.805. The third kappa shape index (κ3) is 3.59. The molecule has 2 aliphatic heterocycles. The second-order valence-corrected chi connectivity index (χ2v) is 7.83. The first kappa shape index (κ1) is 19.5. The highest BCUT2D eigenvalue weighted by Crippen LogP contribution is 2.41. The molecule has 3 aromatic carbocycles. The molecule has 0 saturated carbocycles. The number of hydrogen-bond acceptors (Lipinski definition) is 6. The van der Waals surface area contributed by atoms with E-state index < -0.39 is 5.54 Å². The van der Waals surface area contributed by atoms with Gasteiger partial charge in [0, 0.05) is 11.4 Å². The minimum absolute atomic E-state index is 0.150. The SMILES string of the molecule is O=CONC1=NC(c2cccc(-c3cccc(Cl)c3)c2)(c2ccc3c(c2)CCO3)CO1. The Kier molecular flexibility index (Phi) is 5.00. The van der Waals surface area contributed by atoms with Crippen LogP contribution in [0.15, 0.2) is 71.7 Å². The summed E-state index contributed by atoms with van der Waals surface area (Å²) in [5.41, 5.74) is 6.74. The van der Waals surface area contributed by atoms with Crippen LogP contribution in [-0.2, 0) is 26.3 Å². The van der Waals surface area contributed by atoms with Crippen molar-refractivity contribution in [2.24, 2.45) is 4.99 Å². The third-order valence-corrected chi connectivity index (χ3v) is 5.80. The van der Waals surface area contributed by atoms with Crippen molar-refractivity contribution in [1.29, 1.82) is 0 Å². The highest BCUT2D eigenvalue weighted by molar-refractivity contribution is 6.30. The summed E-state index contributed by atoms with van der Waals surface area (Å²) in [7, 11) is 0. The molecule has 0 aromatic heterocycles. The van der Waals surface area contributed by atoms with E-state index in [2.05, 4.69) is 22.5 Å². The summed E-state index contributed by atoms with van der Waals surface area (Å²) in [6.45, 7) is 1.23. The molecule has 3 aromatic rings. The van der Waals surface area contributed by atoms with E-state index in [0.717, 1.165) is 40.0 Å². The lowest BCUT2D eigenvalue weighted by molar-refractivity contribution is -0.132. The average molecular weight is 435 g/mol. The predicted octanol–water partition coefficient (Wildman–Crippen LogP) is 4.25. The van der Waals surface area contributed by atoms with Crippen LogP contribution in [0.4, 0.5) is 0 Å². The van der Waals surface area contributed by atoms with Crippen molar-refractivity contribution in [3.63, 3.8) is 0 Å². The van der Waals surface area contributed by atoms with Crippen LogP contribution >= 0.6 is 11.6 Å². The minimum Gasteiger partial charge on any atom is -0.493 e. The van der Waals surface area contributed by atoms with Gasteiger partial charge in [0.25, 0.3) is 0 Å². The summed E-state index contributed by atoms with van der Waals surface area (Å²) in [4.78, 5) is 20.0. The number of carbonyl (C=O) groups is 1. The van der Waals surface area contributed by atoms with Gasteiger partial charge in [-0.15, -0.1) is 0 Å². The molecule has 156 valence electrons. The molecule has 0 amide bonds. The summed E-state index contributed by atoms with van der Waals surface area (Å²) < 4.78 is 11.4. The number of carbonyl (C=O) groups excluding carboxylic acids is 1. The second kappa shape index (κ2) is 7.96. The third-order valence-electron chi connectivity index (χ3n) is 5.57. The lowest BCUT2D eigenvalue weighted by atomic mass is 9.82. The summed E-state index contributed by atoms with van der Waals surface area (Å²) in [6, 6.07) is 22.1. The number of benzene rings is 3. The molecule has 2 heterocycles. The Morgan fingerprint density at radius 3 is 2.65 bits per heavy atom. The van der Waals surface area contributed by atoms with Crippen molar-refractivity contribution in [2.45, 2.75) is 12.0 Å². The monoisotopic (exact) mass is 434 g/mol. The van der Waals surface area contributed by atoms with E-state index >= 15 is 0 Å². The number of ether oxygens (including phenoxy) is 2. The Bertz CT molecular complexity index is 1180. The molecule has 5 rings (SSSR count). The number of hydroxylamine groups is 1. The van der Waals surface area contributed by atoms with Gasteiger partial charge in [-0.25, -0.2) is 4.99 Å². The Hall–Kier alpha value is -3.51. The van der Waals surface area contributed by atoms with Crippen LogP contribution in [-0.4, -0.2) is 25.7 Å². The number of fused-ring (bicyclic) bond motifs is 1. The molecule has 0 fully saturated rings. The highest BCUT2D eigenvalue weighted by Gasteiger charge is 2.41. The summed E-state index contributed by atoms with van der Waals surface area (Å²) in [5, 5.41) is 0.677. The maximum atomic E-state index is 10.6. The first-order valence-electron chi connectivity index (χ1n) is 9.89. The van der Waals surface area contributed by atoms with Crippen molar-refractivity contribution < 1.29 is 19.1 Å². The number of aliphatic imine (C=N–C) groups is 1. The van der Waals surface area contributed by atoms with Crippen LogP contribution in [0.5, 0.6) is 5.75 Å². The number of nitrogens with zero attached hydrogens (tertiary/aromatic N) is 1. The van der Waals surface area contributed by atoms with Crippen LogP contribution in [0.1, 0.15) is 16.7 Å². The number of rotatable bonds is 5. The van der Waals surface area contributed by atoms with Crippen molar-refractivity contribution >= 4 is 24.1 Å². The molecule has 2 aliphatic rings. The number of hydrogen-bond donors (Lipinski definition) is 1. The van der Waals surface area contributed by atoms with Crippen molar-refractivity contribution in [3.8, 4) is 16.9 Å². The van der Waals surface area contributed by atoms with Gasteiger partial charge in [0.2, 0.25) is 0 Å². The zero-order valence-electron chi connectivity index (χ0n) is 16.5. The smallest absolute Gasteiger partial charge is 0.320 e. The maximum Gasteiger partial charge on any atom is 0.320 e. The Morgan fingerprint density at radius 1 is 1.00 bits per heavy atom. The number of amidine groups is 1. The standard InChI is InChI=1S/C24H19ClN2O4/c25-21-6-2-4-17(13-21)16-3-1-5-19(11-16)24(14-30-23(26-24)27-31-15-28)20-7-8-22-18(12-20)9-10-29-22/h1-8,11-13,15H,9-10,14H2,(H,26,27). The normalized spacial score (nSPS) is 19.1. The van der Waals surface area contributed by atoms with Gasteiger partial charge >= 0.3 is 12.5 Å². The van der Waals surface area contributed by atoms with Gasteiger partial charge in [-0.1, -0.05) is 48.0 Å². The Balaban J connectivity index is 1.63. The molecule has 6 nitrogen and oxygen atoms in total. The molecule has 31 heavy (non-hydrogen) atoms. The quantitative estimate of drug-likeness (QED) is 0.480. The molecule has 1 N–H and O–H groups in total. The predicted molar refractivity (Wildman–Crippen MR) is 117 cm³/mol. The van der Waals surface area contributed by atoms with E-state index in [-0.39, 0.29) is 12.6 Å². The molecular weight excluding hydrogens is 416 g/mol. The average Bonchev–Trinajstić information content (AvgIpc) is 3.45. The number of nitrogens with one attached hydrogen (secondary N) is 1. The van der Waals surface area contributed by atoms with Gasteiger partial charge in [-0.05, 0) is 58.1 Å². The van der Waals surface area contributed by atoms with Gasteiger partial charge in [-0.3, -0.25) is 4.79 Å². The van der Waals surface area contributed by atoms with Crippen LogP contribution in [0, 0.1) is 0 Å². The second-order valence-electron chi connectivity index (χ2n) is 7.39. The first-order chi connectivity index (χ1) is 15.2. The van der Waals surface area contributed by atoms with Crippen molar-refractivity contribution in [1.82, 2.24) is 5.48 Å². The van der Waals surface area contributed by atoms with E-state index in [4.69, 9.17) is 26.1 Å². The number of halogens is 1. The lowest BCUT2D eigenvalue weighted by Crippen LogP contribution is -2.27. The van der Waals surface area contributed by atoms with Crippen LogP contribution in [0.3, 0.4) is 0 Å². The van der Waals surface area contributed by atoms with Crippen molar-refractivity contribution in [3.05, 3.63) is 88.4 Å². The van der Waals surface area contributed by atoms with E-state index in [1.54, 1.807) is 0 Å². The zero-order chi connectivity index (χ0) is 21.3. The highest BCUT2D eigenvalue weighted by atomic mass is 35.5. The fraction of sp³-hybridized carbons (Fsp3) is 0.167. The topological polar surface area (TPSA) is 69.2 Å². The molecule has 0 radical (unpaired) electrons. The van der Waals surface area contributed by atoms with E-state index in [1.807, 2.05) is 54.6 Å². The van der Waals surface area contributed by atoms with Gasteiger partial charge in [-0.2, -0.15) is 5.48 Å². The van der Waals surface area contributed by atoms with E-state index in [9.17, 15) is 4.79 Å². The Labute approximate surface area is 184 Å². The van der Waals surface area contributed by atoms with E-state index in [0.29, 0.717) is 18.1 Å². The molecule has 7 heteroatoms. The van der Waals surface area contributed by atoms with Crippen LogP contribution in [0.25, 0.3) is 11.1 Å². The Morgan fingerprint density at radius 2 is 1.81 bits per heavy atom. The molecule has 1 unspecified atom stereocenters. The molecule has 0 aliphatic carbocycles. The molecule has 0 bridgehead atoms. The van der Waals surface area contributed by atoms with Crippen LogP contribution in [0.2, 0.25) is 5.02 Å². The fourth-order valence-corrected chi connectivity index (χ4v) is 4.26. The summed E-state index contributed by atoms with van der Waals surface area (Å²) >= 11 is 6.20. The van der Waals surface area contributed by atoms with Gasteiger partial charge in [0.1, 0.15) is 12.4 Å². The molecule has 1 atom stereocenters. The molecule has 0 spiro atoms. The fourth-order valence-electron chi connectivity index (χ4n) is 4.07. The van der Waals surface area contributed by atoms with Crippen LogP contribution < -0.4 is 10.2 Å². The zero-order valence-corrected chi connectivity index (χ0v) is 17.3.